The minimum absolute atomic E-state index is 0.00736. The molecule has 1 saturated heterocycles. The Labute approximate surface area is 197 Å². The van der Waals surface area contributed by atoms with Gasteiger partial charge in [-0.1, -0.05) is 12.1 Å². The third-order valence-electron chi connectivity index (χ3n) is 6.69. The average molecular weight is 474 g/mol. The smallest absolute Gasteiger partial charge is 0.367 e. The number of carbonyl (C=O) groups excluding carboxylic acids is 2. The number of aryl methyl sites for hydroxylation is 2. The highest BCUT2D eigenvalue weighted by atomic mass is 19.4. The van der Waals surface area contributed by atoms with E-state index >= 15 is 0 Å². The zero-order valence-corrected chi connectivity index (χ0v) is 19.4. The van der Waals surface area contributed by atoms with Gasteiger partial charge in [0.2, 0.25) is 5.91 Å². The number of piperazine rings is 1. The van der Waals surface area contributed by atoms with Crippen molar-refractivity contribution in [1.29, 1.82) is 0 Å². The van der Waals surface area contributed by atoms with E-state index in [1.165, 1.54) is 17.2 Å². The molecule has 0 atom stereocenters. The minimum atomic E-state index is -4.51. The summed E-state index contributed by atoms with van der Waals surface area (Å²) in [5, 5.41) is 2.64. The van der Waals surface area contributed by atoms with E-state index in [-0.39, 0.29) is 24.3 Å². The topological polar surface area (TPSA) is 52.6 Å². The molecule has 0 saturated carbocycles. The number of anilines is 2. The third kappa shape index (κ3) is 5.78. The van der Waals surface area contributed by atoms with Crippen molar-refractivity contribution >= 4 is 23.1 Å². The summed E-state index contributed by atoms with van der Waals surface area (Å²) < 4.78 is 39.9. The number of alkyl halides is 3. The highest BCUT2D eigenvalue weighted by molar-refractivity contribution is 6.01. The Bertz CT molecular complexity index is 1060. The van der Waals surface area contributed by atoms with Crippen molar-refractivity contribution in [2.45, 2.75) is 44.7 Å². The Kier molecular flexibility index (Phi) is 7.26. The summed E-state index contributed by atoms with van der Waals surface area (Å²) in [4.78, 5) is 29.5. The first-order chi connectivity index (χ1) is 16.2. The zero-order chi connectivity index (χ0) is 24.3. The maximum atomic E-state index is 13.3. The van der Waals surface area contributed by atoms with E-state index in [4.69, 9.17) is 0 Å². The molecule has 1 heterocycles. The number of fused-ring (bicyclic) bond motifs is 1. The lowest BCUT2D eigenvalue weighted by atomic mass is 9.89. The molecular formula is C26H30F3N3O2. The van der Waals surface area contributed by atoms with Gasteiger partial charge < -0.3 is 15.1 Å². The van der Waals surface area contributed by atoms with E-state index in [1.54, 1.807) is 0 Å². The van der Waals surface area contributed by atoms with Crippen molar-refractivity contribution in [2.24, 2.45) is 0 Å². The number of nitrogens with zero attached hydrogens (tertiary/aromatic N) is 2. The fourth-order valence-electron chi connectivity index (χ4n) is 4.63. The number of Topliss-reactive ketones (excluding diaryl/α,β-unsaturated/α-hetero) is 1. The molecule has 0 radical (unpaired) electrons. The molecule has 1 fully saturated rings. The molecule has 0 aromatic heterocycles. The second kappa shape index (κ2) is 10.2. The average Bonchev–Trinajstić information content (AvgIpc) is 2.82. The van der Waals surface area contributed by atoms with Crippen molar-refractivity contribution in [3.05, 3.63) is 58.7 Å². The summed E-state index contributed by atoms with van der Waals surface area (Å²) in [6.45, 7) is 2.87. The molecule has 1 N–H and O–H groups in total. The van der Waals surface area contributed by atoms with Crippen LogP contribution in [-0.4, -0.2) is 49.8 Å². The van der Waals surface area contributed by atoms with Crippen LogP contribution in [0.25, 0.3) is 0 Å². The van der Waals surface area contributed by atoms with Crippen LogP contribution in [0.2, 0.25) is 0 Å². The van der Waals surface area contributed by atoms with E-state index in [0.717, 1.165) is 50.9 Å². The van der Waals surface area contributed by atoms with Gasteiger partial charge >= 0.3 is 6.18 Å². The van der Waals surface area contributed by atoms with Crippen LogP contribution in [0.5, 0.6) is 0 Å². The van der Waals surface area contributed by atoms with Gasteiger partial charge in [-0.25, -0.2) is 0 Å². The number of carbonyl (C=O) groups is 2. The number of ketones is 1. The number of nitrogens with one attached hydrogen (secondary N) is 1. The normalized spacial score (nSPS) is 16.8. The summed E-state index contributed by atoms with van der Waals surface area (Å²) in [6.07, 6.45) is -0.337. The molecule has 5 nitrogen and oxygen atoms in total. The maximum Gasteiger partial charge on any atom is 0.416 e. The Morgan fingerprint density at radius 2 is 1.62 bits per heavy atom. The first kappa shape index (κ1) is 24.3. The molecule has 8 heteroatoms. The van der Waals surface area contributed by atoms with E-state index < -0.39 is 17.6 Å². The molecule has 1 amide bonds. The molecule has 2 aromatic rings. The number of likely N-dealkylation sites (N-methyl/N-ethyl adjacent to an activating group) is 1. The molecule has 0 spiro atoms. The van der Waals surface area contributed by atoms with Crippen LogP contribution >= 0.6 is 0 Å². The van der Waals surface area contributed by atoms with Crippen LogP contribution in [0.3, 0.4) is 0 Å². The number of amides is 1. The largest absolute Gasteiger partial charge is 0.416 e. The standard InChI is InChI=1S/C26H30F3N3O2/c1-31-12-14-32(15-13-31)23-9-8-21(26(27,28)29)17-22(23)30-25(34)11-10-24(33)20-7-6-18-4-2-3-5-19(18)16-20/h6-9,16-17H,2-5,10-15H2,1H3,(H,30,34). The first-order valence-electron chi connectivity index (χ1n) is 11.8. The van der Waals surface area contributed by atoms with Crippen molar-refractivity contribution in [3.63, 3.8) is 0 Å². The van der Waals surface area contributed by atoms with Crippen molar-refractivity contribution in [2.75, 3.05) is 43.4 Å². The van der Waals surface area contributed by atoms with Crippen molar-refractivity contribution in [3.8, 4) is 0 Å². The third-order valence-corrected chi connectivity index (χ3v) is 6.69. The molecule has 4 rings (SSSR count). The van der Waals surface area contributed by atoms with Gasteiger partial charge in [-0.3, -0.25) is 9.59 Å². The monoisotopic (exact) mass is 473 g/mol. The number of hydrogen-bond donors (Lipinski definition) is 1. The Morgan fingerprint density at radius 1 is 0.912 bits per heavy atom. The first-order valence-corrected chi connectivity index (χ1v) is 11.8. The van der Waals surface area contributed by atoms with Gasteiger partial charge in [-0.2, -0.15) is 13.2 Å². The van der Waals surface area contributed by atoms with E-state index in [2.05, 4.69) is 10.2 Å². The minimum Gasteiger partial charge on any atom is -0.367 e. The van der Waals surface area contributed by atoms with Crippen LogP contribution in [0.1, 0.15) is 52.7 Å². The number of hydrogen-bond acceptors (Lipinski definition) is 4. The lowest BCUT2D eigenvalue weighted by Crippen LogP contribution is -2.44. The van der Waals surface area contributed by atoms with Gasteiger partial charge in [0.1, 0.15) is 0 Å². The van der Waals surface area contributed by atoms with Crippen molar-refractivity contribution < 1.29 is 22.8 Å². The zero-order valence-electron chi connectivity index (χ0n) is 19.4. The van der Waals surface area contributed by atoms with Crippen LogP contribution in [0.4, 0.5) is 24.5 Å². The molecule has 1 aliphatic heterocycles. The fourth-order valence-corrected chi connectivity index (χ4v) is 4.63. The highest BCUT2D eigenvalue weighted by Crippen LogP contribution is 2.36. The Balaban J connectivity index is 1.44. The second-order valence-electron chi connectivity index (χ2n) is 9.18. The molecule has 182 valence electrons. The van der Waals surface area contributed by atoms with Gasteiger partial charge in [0.25, 0.3) is 0 Å². The number of halogens is 3. The molecule has 1 aliphatic carbocycles. The number of rotatable bonds is 6. The predicted molar refractivity (Wildman–Crippen MR) is 126 cm³/mol. The van der Waals surface area contributed by atoms with Crippen LogP contribution in [0.15, 0.2) is 36.4 Å². The summed E-state index contributed by atoms with van der Waals surface area (Å²) in [6, 6.07) is 9.17. The molecule has 34 heavy (non-hydrogen) atoms. The lowest BCUT2D eigenvalue weighted by Gasteiger charge is -2.35. The van der Waals surface area contributed by atoms with Gasteiger partial charge in [-0.15, -0.1) is 0 Å². The van der Waals surface area contributed by atoms with Crippen molar-refractivity contribution in [1.82, 2.24) is 4.90 Å². The second-order valence-corrected chi connectivity index (χ2v) is 9.18. The van der Waals surface area contributed by atoms with Gasteiger partial charge in [0, 0.05) is 44.6 Å². The van der Waals surface area contributed by atoms with Crippen LogP contribution < -0.4 is 10.2 Å². The van der Waals surface area contributed by atoms with Gasteiger partial charge in [-0.05, 0) is 68.1 Å². The molecule has 0 bridgehead atoms. The predicted octanol–water partition coefficient (Wildman–Crippen LogP) is 4.94. The van der Waals surface area contributed by atoms with E-state index in [0.29, 0.717) is 24.3 Å². The quantitative estimate of drug-likeness (QED) is 0.604. The lowest BCUT2D eigenvalue weighted by molar-refractivity contribution is -0.137. The SMILES string of the molecule is CN1CCN(c2ccc(C(F)(F)F)cc2NC(=O)CCC(=O)c2ccc3c(c2)CCCC3)CC1. The molecular weight excluding hydrogens is 443 g/mol. The van der Waals surface area contributed by atoms with Crippen LogP contribution in [-0.2, 0) is 23.8 Å². The van der Waals surface area contributed by atoms with Gasteiger partial charge in [0.05, 0.1) is 16.9 Å². The summed E-state index contributed by atoms with van der Waals surface area (Å²) in [5.74, 6) is -0.604. The molecule has 2 aliphatic rings. The van der Waals surface area contributed by atoms with Crippen LogP contribution in [0, 0.1) is 0 Å². The molecule has 2 aromatic carbocycles. The summed E-state index contributed by atoms with van der Waals surface area (Å²) >= 11 is 0. The Morgan fingerprint density at radius 3 is 2.32 bits per heavy atom. The molecule has 0 unspecified atom stereocenters. The Hall–Kier alpha value is -2.87. The fraction of sp³-hybridized carbons (Fsp3) is 0.462. The van der Waals surface area contributed by atoms with E-state index in [9.17, 15) is 22.8 Å². The maximum absolute atomic E-state index is 13.3. The highest BCUT2D eigenvalue weighted by Gasteiger charge is 2.32. The summed E-state index contributed by atoms with van der Waals surface area (Å²) in [7, 11) is 1.99. The van der Waals surface area contributed by atoms with Gasteiger partial charge in [0.15, 0.2) is 5.78 Å². The number of benzene rings is 2. The van der Waals surface area contributed by atoms with E-state index in [1.807, 2.05) is 30.1 Å². The summed E-state index contributed by atoms with van der Waals surface area (Å²) in [5.41, 5.74) is 2.95.